The number of benzene rings is 1. The van der Waals surface area contributed by atoms with Crippen LogP contribution in [0.25, 0.3) is 5.69 Å². The van der Waals surface area contributed by atoms with Gasteiger partial charge in [-0.2, -0.15) is 0 Å². The molecule has 3 nitrogen and oxygen atoms in total. The van der Waals surface area contributed by atoms with Gasteiger partial charge in [-0.3, -0.25) is 4.57 Å². The first-order valence-electron chi connectivity index (χ1n) is 7.30. The van der Waals surface area contributed by atoms with Gasteiger partial charge in [0.25, 0.3) is 0 Å². The zero-order chi connectivity index (χ0) is 13.9. The van der Waals surface area contributed by atoms with Crippen molar-refractivity contribution in [3.8, 4) is 5.69 Å². The van der Waals surface area contributed by atoms with Crippen LogP contribution in [-0.4, -0.2) is 15.6 Å². The number of hydrogen-bond acceptors (Lipinski definition) is 2. The Morgan fingerprint density at radius 2 is 2.05 bits per heavy atom. The summed E-state index contributed by atoms with van der Waals surface area (Å²) in [4.78, 5) is 4.49. The maximum Gasteiger partial charge on any atom is 0.207 e. The lowest BCUT2D eigenvalue weighted by atomic mass is 9.96. The van der Waals surface area contributed by atoms with Crippen LogP contribution in [0.4, 0.5) is 5.95 Å². The summed E-state index contributed by atoms with van der Waals surface area (Å²) in [6.07, 6.45) is 10.4. The number of anilines is 1. The number of rotatable bonds is 3. The van der Waals surface area contributed by atoms with Crippen molar-refractivity contribution in [2.75, 3.05) is 5.32 Å². The second kappa shape index (κ2) is 6.00. The quantitative estimate of drug-likeness (QED) is 0.883. The van der Waals surface area contributed by atoms with Crippen molar-refractivity contribution < 1.29 is 0 Å². The van der Waals surface area contributed by atoms with Crippen molar-refractivity contribution >= 4 is 21.9 Å². The molecule has 1 aliphatic rings. The zero-order valence-electron chi connectivity index (χ0n) is 11.8. The molecule has 1 fully saturated rings. The molecule has 0 amide bonds. The van der Waals surface area contributed by atoms with Crippen LogP contribution in [0.2, 0.25) is 0 Å². The van der Waals surface area contributed by atoms with Gasteiger partial charge < -0.3 is 5.32 Å². The summed E-state index contributed by atoms with van der Waals surface area (Å²) in [5, 5.41) is 3.61. The SMILES string of the molecule is Cc1ccc(Br)c(-n2ccnc2NC2CCCCC2)c1. The molecule has 0 bridgehead atoms. The number of aryl methyl sites for hydroxylation is 1. The fourth-order valence-electron chi connectivity index (χ4n) is 2.84. The van der Waals surface area contributed by atoms with Crippen LogP contribution in [0.5, 0.6) is 0 Å². The van der Waals surface area contributed by atoms with Gasteiger partial charge in [-0.25, -0.2) is 4.98 Å². The van der Waals surface area contributed by atoms with Crippen molar-refractivity contribution in [3.05, 3.63) is 40.6 Å². The molecule has 0 saturated heterocycles. The predicted octanol–water partition coefficient (Wildman–Crippen LogP) is 4.69. The lowest BCUT2D eigenvalue weighted by Gasteiger charge is -2.24. The first-order chi connectivity index (χ1) is 9.74. The lowest BCUT2D eigenvalue weighted by Crippen LogP contribution is -2.24. The number of hydrogen-bond donors (Lipinski definition) is 1. The van der Waals surface area contributed by atoms with E-state index in [2.05, 4.69) is 55.9 Å². The fraction of sp³-hybridized carbons (Fsp3) is 0.438. The average molecular weight is 334 g/mol. The lowest BCUT2D eigenvalue weighted by molar-refractivity contribution is 0.460. The Balaban J connectivity index is 1.87. The summed E-state index contributed by atoms with van der Waals surface area (Å²) in [7, 11) is 0. The molecule has 0 radical (unpaired) electrons. The molecule has 106 valence electrons. The van der Waals surface area contributed by atoms with Crippen molar-refractivity contribution in [1.29, 1.82) is 0 Å². The van der Waals surface area contributed by atoms with Crippen LogP contribution in [0.3, 0.4) is 0 Å². The van der Waals surface area contributed by atoms with Gasteiger partial charge in [0.05, 0.1) is 5.69 Å². The maximum atomic E-state index is 4.49. The Morgan fingerprint density at radius 3 is 2.85 bits per heavy atom. The van der Waals surface area contributed by atoms with E-state index in [0.717, 1.165) is 16.1 Å². The minimum absolute atomic E-state index is 0.563. The van der Waals surface area contributed by atoms with E-state index in [4.69, 9.17) is 0 Å². The number of halogens is 1. The summed E-state index contributed by atoms with van der Waals surface area (Å²) in [6, 6.07) is 6.94. The Morgan fingerprint density at radius 1 is 1.25 bits per heavy atom. The highest BCUT2D eigenvalue weighted by atomic mass is 79.9. The van der Waals surface area contributed by atoms with Gasteiger partial charge in [-0.15, -0.1) is 0 Å². The normalized spacial score (nSPS) is 16.3. The maximum absolute atomic E-state index is 4.49. The van der Waals surface area contributed by atoms with E-state index < -0.39 is 0 Å². The predicted molar refractivity (Wildman–Crippen MR) is 86.5 cm³/mol. The third kappa shape index (κ3) is 2.90. The Labute approximate surface area is 128 Å². The van der Waals surface area contributed by atoms with Crippen LogP contribution >= 0.6 is 15.9 Å². The molecule has 1 aromatic heterocycles. The molecule has 3 rings (SSSR count). The van der Waals surface area contributed by atoms with Crippen molar-refractivity contribution in [3.63, 3.8) is 0 Å². The number of nitrogens with zero attached hydrogens (tertiary/aromatic N) is 2. The van der Waals surface area contributed by atoms with Crippen LogP contribution in [-0.2, 0) is 0 Å². The number of imidazole rings is 1. The smallest absolute Gasteiger partial charge is 0.207 e. The van der Waals surface area contributed by atoms with Gasteiger partial charge in [0.2, 0.25) is 5.95 Å². The van der Waals surface area contributed by atoms with Gasteiger partial charge in [0.1, 0.15) is 0 Å². The van der Waals surface area contributed by atoms with Crippen LogP contribution < -0.4 is 5.32 Å². The monoisotopic (exact) mass is 333 g/mol. The van der Waals surface area contributed by atoms with E-state index in [1.165, 1.54) is 37.7 Å². The summed E-state index contributed by atoms with van der Waals surface area (Å²) in [5.41, 5.74) is 2.39. The zero-order valence-corrected chi connectivity index (χ0v) is 13.4. The summed E-state index contributed by atoms with van der Waals surface area (Å²) < 4.78 is 3.22. The van der Waals surface area contributed by atoms with Crippen LogP contribution in [0, 0.1) is 6.92 Å². The van der Waals surface area contributed by atoms with E-state index >= 15 is 0 Å². The molecule has 0 aliphatic heterocycles. The van der Waals surface area contributed by atoms with Gasteiger partial charge in [-0.05, 0) is 53.4 Å². The van der Waals surface area contributed by atoms with E-state index in [0.29, 0.717) is 6.04 Å². The molecule has 1 heterocycles. The summed E-state index contributed by atoms with van der Waals surface area (Å²) >= 11 is 3.63. The molecule has 1 aromatic carbocycles. The molecular formula is C16H20BrN3. The van der Waals surface area contributed by atoms with Crippen molar-refractivity contribution in [2.24, 2.45) is 0 Å². The van der Waals surface area contributed by atoms with E-state index in [1.54, 1.807) is 0 Å². The third-order valence-electron chi connectivity index (χ3n) is 3.94. The second-order valence-corrected chi connectivity index (χ2v) is 6.41. The highest BCUT2D eigenvalue weighted by Gasteiger charge is 2.16. The van der Waals surface area contributed by atoms with Gasteiger partial charge in [-0.1, -0.05) is 25.3 Å². The van der Waals surface area contributed by atoms with Gasteiger partial charge >= 0.3 is 0 Å². The Hall–Kier alpha value is -1.29. The summed E-state index contributed by atoms with van der Waals surface area (Å²) in [5.74, 6) is 0.947. The topological polar surface area (TPSA) is 29.9 Å². The van der Waals surface area contributed by atoms with Crippen molar-refractivity contribution in [2.45, 2.75) is 45.1 Å². The molecule has 2 aromatic rings. The average Bonchev–Trinajstić information content (AvgIpc) is 2.91. The number of nitrogens with one attached hydrogen (secondary N) is 1. The largest absolute Gasteiger partial charge is 0.353 e. The van der Waals surface area contributed by atoms with Crippen LogP contribution in [0.15, 0.2) is 35.1 Å². The standard InChI is InChI=1S/C16H20BrN3/c1-12-7-8-14(17)15(11-12)20-10-9-18-16(20)19-13-5-3-2-4-6-13/h7-11,13H,2-6H2,1H3,(H,18,19). The Kier molecular flexibility index (Phi) is 4.10. The van der Waals surface area contributed by atoms with E-state index in [-0.39, 0.29) is 0 Å². The molecule has 0 unspecified atom stereocenters. The number of aromatic nitrogens is 2. The molecular weight excluding hydrogens is 314 g/mol. The Bertz CT molecular complexity index is 585. The fourth-order valence-corrected chi connectivity index (χ4v) is 3.28. The molecule has 20 heavy (non-hydrogen) atoms. The van der Waals surface area contributed by atoms with Gasteiger partial charge in [0.15, 0.2) is 0 Å². The second-order valence-electron chi connectivity index (χ2n) is 5.55. The minimum atomic E-state index is 0.563. The van der Waals surface area contributed by atoms with E-state index in [1.807, 2.05) is 12.4 Å². The van der Waals surface area contributed by atoms with E-state index in [9.17, 15) is 0 Å². The first-order valence-corrected chi connectivity index (χ1v) is 8.10. The molecule has 0 atom stereocenters. The molecule has 4 heteroatoms. The highest BCUT2D eigenvalue weighted by Crippen LogP contribution is 2.27. The molecule has 1 saturated carbocycles. The third-order valence-corrected chi connectivity index (χ3v) is 4.61. The van der Waals surface area contributed by atoms with Crippen LogP contribution in [0.1, 0.15) is 37.7 Å². The highest BCUT2D eigenvalue weighted by molar-refractivity contribution is 9.10. The first kappa shape index (κ1) is 13.7. The van der Waals surface area contributed by atoms with Crippen molar-refractivity contribution in [1.82, 2.24) is 9.55 Å². The molecule has 1 aliphatic carbocycles. The minimum Gasteiger partial charge on any atom is -0.353 e. The molecule has 1 N–H and O–H groups in total. The summed E-state index contributed by atoms with van der Waals surface area (Å²) in [6.45, 7) is 2.11. The van der Waals surface area contributed by atoms with Gasteiger partial charge in [0, 0.05) is 22.9 Å². The molecule has 0 spiro atoms.